The van der Waals surface area contributed by atoms with Gasteiger partial charge in [-0.05, 0) is 60.5 Å². The molecular weight excluding hydrogens is 474 g/mol. The predicted molar refractivity (Wildman–Crippen MR) is 144 cm³/mol. The topological polar surface area (TPSA) is 65.8 Å². The molecule has 0 bridgehead atoms. The Morgan fingerprint density at radius 2 is 1.67 bits per heavy atom. The maximum atomic E-state index is 13.8. The van der Waals surface area contributed by atoms with Crippen LogP contribution >= 0.6 is 11.6 Å². The third-order valence-corrected chi connectivity index (χ3v) is 6.35. The Balaban J connectivity index is 1.72. The van der Waals surface area contributed by atoms with E-state index in [1.807, 2.05) is 74.4 Å². The minimum Gasteiger partial charge on any atom is -0.459 e. The summed E-state index contributed by atoms with van der Waals surface area (Å²) in [5, 5.41) is 3.28. The lowest BCUT2D eigenvalue weighted by molar-refractivity contribution is 0.0674. The number of nitrogens with zero attached hydrogens (tertiary/aromatic N) is 2. The molecule has 0 aliphatic carbocycles. The lowest BCUT2D eigenvalue weighted by atomic mass is 10.0. The van der Waals surface area contributed by atoms with Gasteiger partial charge in [0, 0.05) is 32.0 Å². The van der Waals surface area contributed by atoms with E-state index in [1.54, 1.807) is 41.3 Å². The molecule has 7 heteroatoms. The fraction of sp³-hybridized carbons (Fsp3) is 0.172. The lowest BCUT2D eigenvalue weighted by Crippen LogP contribution is -2.34. The number of carbonyl (C=O) groups excluding carboxylic acids is 2. The molecule has 36 heavy (non-hydrogen) atoms. The van der Waals surface area contributed by atoms with Crippen molar-refractivity contribution in [3.63, 3.8) is 0 Å². The fourth-order valence-corrected chi connectivity index (χ4v) is 4.31. The van der Waals surface area contributed by atoms with Crippen molar-refractivity contribution < 1.29 is 14.0 Å². The van der Waals surface area contributed by atoms with E-state index in [4.69, 9.17) is 16.0 Å². The summed E-state index contributed by atoms with van der Waals surface area (Å²) in [6.07, 6.45) is 1.46. The molecule has 0 aliphatic heterocycles. The van der Waals surface area contributed by atoms with E-state index in [1.165, 1.54) is 6.26 Å². The van der Waals surface area contributed by atoms with Gasteiger partial charge in [0.15, 0.2) is 5.76 Å². The molecule has 4 aromatic rings. The van der Waals surface area contributed by atoms with Gasteiger partial charge in [0.1, 0.15) is 0 Å². The summed E-state index contributed by atoms with van der Waals surface area (Å²) in [5.74, 6) is -0.293. The molecule has 0 saturated carbocycles. The minimum atomic E-state index is -0.342. The lowest BCUT2D eigenvalue weighted by Gasteiger charge is -2.32. The van der Waals surface area contributed by atoms with Gasteiger partial charge in [0.2, 0.25) is 0 Å². The van der Waals surface area contributed by atoms with Crippen LogP contribution in [0.3, 0.4) is 0 Å². The highest BCUT2D eigenvalue weighted by Crippen LogP contribution is 2.31. The molecule has 1 atom stereocenters. The highest BCUT2D eigenvalue weighted by atomic mass is 35.5. The first-order chi connectivity index (χ1) is 17.3. The maximum Gasteiger partial charge on any atom is 0.291 e. The summed E-state index contributed by atoms with van der Waals surface area (Å²) >= 11 is 6.42. The number of anilines is 2. The van der Waals surface area contributed by atoms with E-state index in [9.17, 15) is 9.59 Å². The van der Waals surface area contributed by atoms with Gasteiger partial charge in [-0.2, -0.15) is 0 Å². The average molecular weight is 502 g/mol. The second-order valence-electron chi connectivity index (χ2n) is 8.67. The number of amides is 2. The van der Waals surface area contributed by atoms with Crippen molar-refractivity contribution in [1.29, 1.82) is 0 Å². The third-order valence-electron chi connectivity index (χ3n) is 6.02. The van der Waals surface area contributed by atoms with Crippen LogP contribution in [0.25, 0.3) is 0 Å². The first-order valence-electron chi connectivity index (χ1n) is 11.6. The number of rotatable bonds is 8. The van der Waals surface area contributed by atoms with E-state index in [2.05, 4.69) is 5.32 Å². The Kier molecular flexibility index (Phi) is 7.76. The summed E-state index contributed by atoms with van der Waals surface area (Å²) < 4.78 is 5.21. The van der Waals surface area contributed by atoms with Gasteiger partial charge >= 0.3 is 0 Å². The van der Waals surface area contributed by atoms with E-state index >= 15 is 0 Å². The van der Waals surface area contributed by atoms with Gasteiger partial charge in [0.25, 0.3) is 11.8 Å². The summed E-state index contributed by atoms with van der Waals surface area (Å²) in [6, 6.07) is 25.6. The van der Waals surface area contributed by atoms with Crippen LogP contribution in [0.4, 0.5) is 11.4 Å². The monoisotopic (exact) mass is 501 g/mol. The van der Waals surface area contributed by atoms with Gasteiger partial charge in [-0.3, -0.25) is 9.59 Å². The first-order valence-corrected chi connectivity index (χ1v) is 12.0. The summed E-state index contributed by atoms with van der Waals surface area (Å²) in [7, 11) is 3.89. The summed E-state index contributed by atoms with van der Waals surface area (Å²) in [5.41, 5.74) is 3.86. The molecule has 0 fully saturated rings. The zero-order chi connectivity index (χ0) is 25.7. The summed E-state index contributed by atoms with van der Waals surface area (Å²) in [6.45, 7) is 2.31. The summed E-state index contributed by atoms with van der Waals surface area (Å²) in [4.78, 5) is 30.2. The molecule has 6 nitrogen and oxygen atoms in total. The van der Waals surface area contributed by atoms with E-state index in [0.717, 1.165) is 16.8 Å². The fourth-order valence-electron chi connectivity index (χ4n) is 4.10. The highest BCUT2D eigenvalue weighted by molar-refractivity contribution is 6.33. The molecule has 0 unspecified atom stereocenters. The van der Waals surface area contributed by atoms with Crippen LogP contribution in [0.2, 0.25) is 5.02 Å². The number of hydrogen-bond acceptors (Lipinski definition) is 4. The molecule has 1 N–H and O–H groups in total. The van der Waals surface area contributed by atoms with Crippen molar-refractivity contribution in [3.8, 4) is 0 Å². The van der Waals surface area contributed by atoms with Crippen molar-refractivity contribution in [3.05, 3.63) is 119 Å². The van der Waals surface area contributed by atoms with Crippen LogP contribution < -0.4 is 10.2 Å². The van der Waals surface area contributed by atoms with Crippen LogP contribution in [0, 0.1) is 0 Å². The number of nitrogens with one attached hydrogen (secondary N) is 1. The van der Waals surface area contributed by atoms with Gasteiger partial charge in [-0.15, -0.1) is 0 Å². The second kappa shape index (κ2) is 11.1. The molecular formula is C29H28ClN3O3. The van der Waals surface area contributed by atoms with Crippen molar-refractivity contribution in [1.82, 2.24) is 4.90 Å². The Bertz CT molecular complexity index is 1340. The number of benzene rings is 3. The molecule has 0 radical (unpaired) electrons. The van der Waals surface area contributed by atoms with E-state index in [-0.39, 0.29) is 23.6 Å². The number of carbonyl (C=O) groups is 2. The highest BCUT2D eigenvalue weighted by Gasteiger charge is 2.26. The molecule has 1 aromatic heterocycles. The number of furan rings is 1. The Hall–Kier alpha value is -4.03. The van der Waals surface area contributed by atoms with E-state index < -0.39 is 0 Å². The smallest absolute Gasteiger partial charge is 0.291 e. The normalized spacial score (nSPS) is 11.6. The molecule has 0 saturated heterocycles. The maximum absolute atomic E-state index is 13.8. The average Bonchev–Trinajstić information content (AvgIpc) is 3.43. The Morgan fingerprint density at radius 3 is 2.33 bits per heavy atom. The Morgan fingerprint density at radius 1 is 0.944 bits per heavy atom. The van der Waals surface area contributed by atoms with Crippen LogP contribution in [-0.2, 0) is 6.54 Å². The zero-order valence-corrected chi connectivity index (χ0v) is 21.2. The molecule has 1 heterocycles. The predicted octanol–water partition coefficient (Wildman–Crippen LogP) is 6.65. The van der Waals surface area contributed by atoms with Crippen LogP contribution in [-0.4, -0.2) is 30.8 Å². The minimum absolute atomic E-state index is 0.174. The SMILES string of the molecule is C[C@H](c1ccccc1)N(Cc1cc(NC(=O)c2ccco2)ccc1N(C)C)C(=O)c1ccccc1Cl. The molecule has 0 spiro atoms. The van der Waals surface area contributed by atoms with E-state index in [0.29, 0.717) is 22.8 Å². The third kappa shape index (κ3) is 5.61. The first kappa shape index (κ1) is 25.1. The quantitative estimate of drug-likeness (QED) is 0.293. The molecule has 184 valence electrons. The second-order valence-corrected chi connectivity index (χ2v) is 9.08. The molecule has 2 amide bonds. The van der Waals surface area contributed by atoms with Crippen molar-refractivity contribution in [2.45, 2.75) is 19.5 Å². The molecule has 0 aliphatic rings. The number of hydrogen-bond donors (Lipinski definition) is 1. The van der Waals surface area contributed by atoms with Gasteiger partial charge < -0.3 is 19.5 Å². The Labute approximate surface area is 216 Å². The van der Waals surface area contributed by atoms with Gasteiger partial charge in [-0.25, -0.2) is 0 Å². The van der Waals surface area contributed by atoms with Crippen molar-refractivity contribution in [2.24, 2.45) is 0 Å². The zero-order valence-electron chi connectivity index (χ0n) is 20.4. The number of halogens is 1. The largest absolute Gasteiger partial charge is 0.459 e. The molecule has 4 rings (SSSR count). The van der Waals surface area contributed by atoms with Gasteiger partial charge in [-0.1, -0.05) is 54.1 Å². The van der Waals surface area contributed by atoms with Crippen LogP contribution in [0.5, 0.6) is 0 Å². The van der Waals surface area contributed by atoms with Crippen molar-refractivity contribution in [2.75, 3.05) is 24.3 Å². The van der Waals surface area contributed by atoms with Crippen molar-refractivity contribution >= 4 is 34.8 Å². The molecule has 3 aromatic carbocycles. The standard InChI is InChI=1S/C29H28ClN3O3/c1-20(21-10-5-4-6-11-21)33(29(35)24-12-7-8-13-25(24)30)19-22-18-23(15-16-26(22)32(2)3)31-28(34)27-14-9-17-36-27/h4-18,20H,19H2,1-3H3,(H,31,34)/t20-/m1/s1. The van der Waals surface area contributed by atoms with Crippen LogP contribution in [0.15, 0.2) is 95.6 Å². The van der Waals surface area contributed by atoms with Crippen LogP contribution in [0.1, 0.15) is 45.0 Å². The van der Waals surface area contributed by atoms with Gasteiger partial charge in [0.05, 0.1) is 22.9 Å².